The number of amides is 1. The molecule has 0 aliphatic carbocycles. The minimum Gasteiger partial charge on any atom is -0.490 e. The Morgan fingerprint density at radius 1 is 1.21 bits per heavy atom. The van der Waals surface area contributed by atoms with Crippen molar-refractivity contribution in [1.82, 2.24) is 4.31 Å². The molecule has 1 N–H and O–H groups in total. The third-order valence-corrected chi connectivity index (χ3v) is 6.56. The van der Waals surface area contributed by atoms with Crippen LogP contribution in [0.5, 0.6) is 5.75 Å². The van der Waals surface area contributed by atoms with Crippen molar-refractivity contribution in [3.05, 3.63) is 66.2 Å². The lowest BCUT2D eigenvalue weighted by Gasteiger charge is -2.26. The van der Waals surface area contributed by atoms with Gasteiger partial charge in [0.2, 0.25) is 10.0 Å². The minimum absolute atomic E-state index is 0.186. The summed E-state index contributed by atoms with van der Waals surface area (Å²) in [5, 5.41) is 2.76. The van der Waals surface area contributed by atoms with E-state index >= 15 is 0 Å². The number of ether oxygens (including phenoxy) is 2. The van der Waals surface area contributed by atoms with Crippen molar-refractivity contribution in [2.45, 2.75) is 11.8 Å². The number of rotatable bonds is 7. The maximum absolute atomic E-state index is 13.0. The van der Waals surface area contributed by atoms with E-state index in [9.17, 15) is 13.2 Å². The Kier molecular flexibility index (Phi) is 6.68. The molecule has 3 rings (SSSR count). The van der Waals surface area contributed by atoms with Gasteiger partial charge in [-0.05, 0) is 48.9 Å². The summed E-state index contributed by atoms with van der Waals surface area (Å²) < 4.78 is 38.0. The summed E-state index contributed by atoms with van der Waals surface area (Å²) >= 11 is 0. The van der Waals surface area contributed by atoms with Gasteiger partial charge in [-0.15, -0.1) is 0 Å². The van der Waals surface area contributed by atoms with E-state index in [1.807, 2.05) is 0 Å². The Hall–Kier alpha value is -2.68. The lowest BCUT2D eigenvalue weighted by Crippen LogP contribution is -2.40. The number of carbonyl (C=O) groups excluding carboxylic acids is 1. The van der Waals surface area contributed by atoms with Gasteiger partial charge in [0.25, 0.3) is 5.91 Å². The summed E-state index contributed by atoms with van der Waals surface area (Å²) in [4.78, 5) is 12.7. The molecule has 1 amide bonds. The summed E-state index contributed by atoms with van der Waals surface area (Å²) in [6.45, 7) is 7.10. The third-order valence-electron chi connectivity index (χ3n) is 4.52. The van der Waals surface area contributed by atoms with Crippen molar-refractivity contribution < 1.29 is 22.7 Å². The molecule has 154 valence electrons. The maximum atomic E-state index is 13.0. The highest BCUT2D eigenvalue weighted by molar-refractivity contribution is 7.89. The van der Waals surface area contributed by atoms with Gasteiger partial charge in [-0.25, -0.2) is 8.42 Å². The second-order valence-corrected chi connectivity index (χ2v) is 8.48. The van der Waals surface area contributed by atoms with Crippen LogP contribution in [0.25, 0.3) is 0 Å². The van der Waals surface area contributed by atoms with Crippen LogP contribution in [0.2, 0.25) is 0 Å². The molecule has 0 saturated carbocycles. The highest BCUT2D eigenvalue weighted by Crippen LogP contribution is 2.25. The molecule has 1 heterocycles. The molecule has 0 aromatic heterocycles. The average Bonchev–Trinajstić information content (AvgIpc) is 2.74. The average molecular weight is 416 g/mol. The zero-order valence-electron chi connectivity index (χ0n) is 16.3. The van der Waals surface area contributed by atoms with Gasteiger partial charge in [-0.2, -0.15) is 4.31 Å². The van der Waals surface area contributed by atoms with Crippen molar-refractivity contribution >= 4 is 21.6 Å². The fourth-order valence-electron chi connectivity index (χ4n) is 2.94. The predicted molar refractivity (Wildman–Crippen MR) is 111 cm³/mol. The summed E-state index contributed by atoms with van der Waals surface area (Å²) in [6.07, 6.45) is 1.64. The lowest BCUT2D eigenvalue weighted by atomic mass is 10.2. The van der Waals surface area contributed by atoms with E-state index in [1.165, 1.54) is 10.4 Å². The van der Waals surface area contributed by atoms with E-state index in [-0.39, 0.29) is 10.8 Å². The van der Waals surface area contributed by atoms with Gasteiger partial charge >= 0.3 is 0 Å². The third kappa shape index (κ3) is 5.03. The van der Waals surface area contributed by atoms with E-state index in [2.05, 4.69) is 11.9 Å². The number of carbonyl (C=O) groups is 1. The van der Waals surface area contributed by atoms with Crippen LogP contribution in [0.15, 0.2) is 60.0 Å². The van der Waals surface area contributed by atoms with Gasteiger partial charge in [-0.3, -0.25) is 4.79 Å². The Labute approximate surface area is 171 Å². The number of nitrogens with zero attached hydrogens (tertiary/aromatic N) is 1. The number of hydrogen-bond donors (Lipinski definition) is 1. The molecule has 1 fully saturated rings. The van der Waals surface area contributed by atoms with Gasteiger partial charge in [0.1, 0.15) is 12.4 Å². The van der Waals surface area contributed by atoms with Crippen LogP contribution in [0.1, 0.15) is 15.9 Å². The van der Waals surface area contributed by atoms with E-state index in [4.69, 9.17) is 9.47 Å². The predicted octanol–water partition coefficient (Wildman–Crippen LogP) is 2.83. The summed E-state index contributed by atoms with van der Waals surface area (Å²) in [6, 6.07) is 11.6. The smallest absolute Gasteiger partial charge is 0.255 e. The van der Waals surface area contributed by atoms with Crippen LogP contribution in [-0.2, 0) is 14.8 Å². The van der Waals surface area contributed by atoms with Gasteiger partial charge in [0.05, 0.1) is 18.1 Å². The van der Waals surface area contributed by atoms with Crippen LogP contribution >= 0.6 is 0 Å². The molecule has 0 unspecified atom stereocenters. The van der Waals surface area contributed by atoms with Crippen molar-refractivity contribution in [2.75, 3.05) is 38.2 Å². The second-order valence-electron chi connectivity index (χ2n) is 6.57. The zero-order chi connectivity index (χ0) is 20.9. The van der Waals surface area contributed by atoms with Crippen molar-refractivity contribution in [3.8, 4) is 5.75 Å². The van der Waals surface area contributed by atoms with Crippen LogP contribution in [-0.4, -0.2) is 51.5 Å². The molecule has 1 saturated heterocycles. The largest absolute Gasteiger partial charge is 0.490 e. The first kappa shape index (κ1) is 21.0. The summed E-state index contributed by atoms with van der Waals surface area (Å²) in [5.41, 5.74) is 1.48. The summed E-state index contributed by atoms with van der Waals surface area (Å²) in [7, 11) is -3.65. The first-order chi connectivity index (χ1) is 13.9. The molecule has 1 aliphatic heterocycles. The molecule has 8 heteroatoms. The van der Waals surface area contributed by atoms with Crippen LogP contribution < -0.4 is 10.1 Å². The topological polar surface area (TPSA) is 84.9 Å². The lowest BCUT2D eigenvalue weighted by molar-refractivity contribution is 0.0730. The molecule has 0 atom stereocenters. The quantitative estimate of drug-likeness (QED) is 0.702. The highest BCUT2D eigenvalue weighted by atomic mass is 32.2. The standard InChI is InChI=1S/C21H24N2O5S/c1-3-12-28-19-8-5-17(6-9-19)21(24)22-18-7-4-16(2)20(15-18)29(25,26)23-10-13-27-14-11-23/h3-9,15H,1,10-14H2,2H3,(H,22,24). The van der Waals surface area contributed by atoms with Gasteiger partial charge in [0, 0.05) is 24.3 Å². The van der Waals surface area contributed by atoms with Gasteiger partial charge in [0.15, 0.2) is 0 Å². The van der Waals surface area contributed by atoms with E-state index < -0.39 is 10.0 Å². The second kappa shape index (κ2) is 9.21. The maximum Gasteiger partial charge on any atom is 0.255 e. The Morgan fingerprint density at radius 2 is 1.90 bits per heavy atom. The number of aryl methyl sites for hydroxylation is 1. The fourth-order valence-corrected chi connectivity index (χ4v) is 4.60. The van der Waals surface area contributed by atoms with Crippen LogP contribution in [0.4, 0.5) is 5.69 Å². The SMILES string of the molecule is C=CCOc1ccc(C(=O)Nc2ccc(C)c(S(=O)(=O)N3CCOCC3)c2)cc1. The number of sulfonamides is 1. The molecule has 0 bridgehead atoms. The first-order valence-corrected chi connectivity index (χ1v) is 10.7. The Morgan fingerprint density at radius 3 is 2.55 bits per heavy atom. The van der Waals surface area contributed by atoms with E-state index in [0.717, 1.165) is 0 Å². The number of hydrogen-bond acceptors (Lipinski definition) is 5. The van der Waals surface area contributed by atoms with Crippen molar-refractivity contribution in [2.24, 2.45) is 0 Å². The Balaban J connectivity index is 1.77. The first-order valence-electron chi connectivity index (χ1n) is 9.25. The van der Waals surface area contributed by atoms with Crippen molar-refractivity contribution in [3.63, 3.8) is 0 Å². The zero-order valence-corrected chi connectivity index (χ0v) is 17.1. The van der Waals surface area contributed by atoms with E-state index in [0.29, 0.717) is 55.5 Å². The van der Waals surface area contributed by atoms with Crippen LogP contribution in [0.3, 0.4) is 0 Å². The van der Waals surface area contributed by atoms with Gasteiger partial charge < -0.3 is 14.8 Å². The molecule has 7 nitrogen and oxygen atoms in total. The number of benzene rings is 2. The summed E-state index contributed by atoms with van der Waals surface area (Å²) in [5.74, 6) is 0.300. The number of anilines is 1. The molecular formula is C21H24N2O5S. The Bertz CT molecular complexity index is 981. The monoisotopic (exact) mass is 416 g/mol. The minimum atomic E-state index is -3.65. The molecule has 1 aliphatic rings. The molecule has 29 heavy (non-hydrogen) atoms. The fraction of sp³-hybridized carbons (Fsp3) is 0.286. The van der Waals surface area contributed by atoms with Crippen molar-refractivity contribution in [1.29, 1.82) is 0 Å². The molecule has 2 aromatic rings. The molecule has 0 radical (unpaired) electrons. The number of nitrogens with one attached hydrogen (secondary N) is 1. The highest BCUT2D eigenvalue weighted by Gasteiger charge is 2.28. The number of morpholine rings is 1. The van der Waals surface area contributed by atoms with Crippen LogP contribution in [0, 0.1) is 6.92 Å². The molecule has 0 spiro atoms. The van der Waals surface area contributed by atoms with Gasteiger partial charge in [-0.1, -0.05) is 18.7 Å². The normalized spacial score (nSPS) is 14.9. The molecule has 2 aromatic carbocycles. The molecular weight excluding hydrogens is 392 g/mol. The van der Waals surface area contributed by atoms with E-state index in [1.54, 1.807) is 49.4 Å².